The average Bonchev–Trinajstić information content (AvgIpc) is 2.84. The number of amides is 2. The number of carbonyl (C=O) groups excluding carboxylic acids is 2. The van der Waals surface area contributed by atoms with E-state index in [1.165, 1.54) is 6.42 Å². The van der Waals surface area contributed by atoms with Gasteiger partial charge in [-0.3, -0.25) is 9.59 Å². The number of benzene rings is 1. The molecule has 2 aliphatic heterocycles. The summed E-state index contributed by atoms with van der Waals surface area (Å²) in [7, 11) is 3.63. The van der Waals surface area contributed by atoms with E-state index in [0.29, 0.717) is 5.82 Å². The van der Waals surface area contributed by atoms with Crippen molar-refractivity contribution in [3.8, 4) is 0 Å². The molecule has 0 bridgehead atoms. The van der Waals surface area contributed by atoms with Crippen molar-refractivity contribution in [3.05, 3.63) is 36.2 Å². The van der Waals surface area contributed by atoms with E-state index in [2.05, 4.69) is 25.1 Å². The highest BCUT2D eigenvalue weighted by Gasteiger charge is 2.26. The first-order chi connectivity index (χ1) is 15.9. The maximum atomic E-state index is 12.2. The van der Waals surface area contributed by atoms with Gasteiger partial charge in [0.05, 0.1) is 6.20 Å². The van der Waals surface area contributed by atoms with Crippen LogP contribution in [0.15, 0.2) is 30.5 Å². The van der Waals surface area contributed by atoms with Crippen LogP contribution < -0.4 is 20.9 Å². The second-order valence-corrected chi connectivity index (χ2v) is 9.00. The highest BCUT2D eigenvalue weighted by Crippen LogP contribution is 2.27. The summed E-state index contributed by atoms with van der Waals surface area (Å²) in [6, 6.07) is 8.02. The molecule has 0 atom stereocenters. The Morgan fingerprint density at radius 3 is 2.27 bits per heavy atom. The molecule has 3 N–H and O–H groups in total. The molecule has 2 aliphatic rings. The molecule has 2 saturated heterocycles. The van der Waals surface area contributed by atoms with Crippen LogP contribution in [0.3, 0.4) is 0 Å². The predicted octanol–water partition coefficient (Wildman–Crippen LogP) is 2.61. The summed E-state index contributed by atoms with van der Waals surface area (Å²) in [5.41, 5.74) is 7.59. The Bertz CT molecular complexity index is 979. The van der Waals surface area contributed by atoms with Crippen molar-refractivity contribution in [1.29, 1.82) is 0 Å². The van der Waals surface area contributed by atoms with E-state index in [-0.39, 0.29) is 17.5 Å². The lowest BCUT2D eigenvalue weighted by atomic mass is 9.95. The Morgan fingerprint density at radius 2 is 1.67 bits per heavy atom. The predicted molar refractivity (Wildman–Crippen MR) is 130 cm³/mol. The van der Waals surface area contributed by atoms with Crippen LogP contribution in [0.25, 0.3) is 0 Å². The molecule has 176 valence electrons. The number of hydrogen-bond donors (Lipinski definition) is 2. The lowest BCUT2D eigenvalue weighted by molar-refractivity contribution is -0.133. The Kier molecular flexibility index (Phi) is 6.96. The number of nitrogens with zero attached hydrogens (tertiary/aromatic N) is 5. The van der Waals surface area contributed by atoms with Crippen molar-refractivity contribution in [2.24, 2.45) is 11.7 Å². The highest BCUT2D eigenvalue weighted by molar-refractivity contribution is 5.96. The monoisotopic (exact) mass is 451 g/mol. The van der Waals surface area contributed by atoms with Crippen LogP contribution >= 0.6 is 0 Å². The third-order valence-corrected chi connectivity index (χ3v) is 6.45. The summed E-state index contributed by atoms with van der Waals surface area (Å²) < 4.78 is 0. The van der Waals surface area contributed by atoms with Gasteiger partial charge >= 0.3 is 0 Å². The van der Waals surface area contributed by atoms with Gasteiger partial charge in [0.25, 0.3) is 5.91 Å². The molecule has 9 heteroatoms. The molecule has 1 aromatic carbocycles. The van der Waals surface area contributed by atoms with Crippen molar-refractivity contribution < 1.29 is 9.59 Å². The van der Waals surface area contributed by atoms with E-state index in [1.807, 2.05) is 38.4 Å². The maximum Gasteiger partial charge on any atom is 0.271 e. The quantitative estimate of drug-likeness (QED) is 0.695. The van der Waals surface area contributed by atoms with Gasteiger partial charge in [0, 0.05) is 57.6 Å². The minimum absolute atomic E-state index is 0.107. The van der Waals surface area contributed by atoms with E-state index in [1.54, 1.807) is 11.1 Å². The van der Waals surface area contributed by atoms with Gasteiger partial charge in [-0.15, -0.1) is 0 Å². The summed E-state index contributed by atoms with van der Waals surface area (Å²) in [5.74, 6) is 0.847. The van der Waals surface area contributed by atoms with E-state index in [0.717, 1.165) is 69.1 Å². The van der Waals surface area contributed by atoms with E-state index < -0.39 is 5.91 Å². The summed E-state index contributed by atoms with van der Waals surface area (Å²) in [6.45, 7) is 3.59. The molecule has 0 radical (unpaired) electrons. The average molecular weight is 452 g/mol. The SMILES string of the molecule is CN(C)C(=O)C1CCN(c2ccc(Nc3nc(N4CCCCC4)cnc3C(N)=O)cc2)CC1. The number of primary amides is 1. The highest BCUT2D eigenvalue weighted by atomic mass is 16.2. The van der Waals surface area contributed by atoms with Gasteiger partial charge in [0.2, 0.25) is 5.91 Å². The number of carbonyl (C=O) groups is 2. The zero-order valence-corrected chi connectivity index (χ0v) is 19.5. The van der Waals surface area contributed by atoms with Gasteiger partial charge in [-0.1, -0.05) is 0 Å². The molecule has 3 heterocycles. The molecule has 2 fully saturated rings. The number of nitrogens with two attached hydrogens (primary N) is 1. The molecular weight excluding hydrogens is 418 g/mol. The fraction of sp³-hybridized carbons (Fsp3) is 0.500. The molecule has 0 unspecified atom stereocenters. The van der Waals surface area contributed by atoms with Crippen molar-refractivity contribution in [3.63, 3.8) is 0 Å². The van der Waals surface area contributed by atoms with Crippen molar-refractivity contribution in [2.75, 3.05) is 55.4 Å². The first kappa shape index (κ1) is 22.8. The number of anilines is 4. The number of aromatic nitrogens is 2. The summed E-state index contributed by atoms with van der Waals surface area (Å²) in [6.07, 6.45) is 6.83. The minimum Gasteiger partial charge on any atom is -0.371 e. The topological polar surface area (TPSA) is 108 Å². The lowest BCUT2D eigenvalue weighted by Gasteiger charge is -2.34. The molecule has 33 heavy (non-hydrogen) atoms. The van der Waals surface area contributed by atoms with E-state index in [4.69, 9.17) is 5.73 Å². The van der Waals surface area contributed by atoms with Crippen LogP contribution in [0.2, 0.25) is 0 Å². The number of rotatable bonds is 6. The Hall–Kier alpha value is -3.36. The fourth-order valence-electron chi connectivity index (χ4n) is 4.56. The molecule has 1 aromatic heterocycles. The van der Waals surface area contributed by atoms with Gasteiger partial charge in [-0.25, -0.2) is 9.97 Å². The zero-order valence-electron chi connectivity index (χ0n) is 19.5. The van der Waals surface area contributed by atoms with Gasteiger partial charge in [0.15, 0.2) is 11.5 Å². The molecule has 2 amide bonds. The normalized spacial score (nSPS) is 17.0. The Morgan fingerprint density at radius 1 is 1.00 bits per heavy atom. The summed E-state index contributed by atoms with van der Waals surface area (Å²) >= 11 is 0. The largest absolute Gasteiger partial charge is 0.371 e. The smallest absolute Gasteiger partial charge is 0.271 e. The standard InChI is InChI=1S/C24H33N7O2/c1-29(2)24(33)17-10-14-30(15-11-17)19-8-6-18(7-9-19)27-23-21(22(25)32)26-16-20(28-23)31-12-4-3-5-13-31/h6-9,16-17H,3-5,10-15H2,1-2H3,(H2,25,32)(H,27,28). The Labute approximate surface area is 195 Å². The van der Waals surface area contributed by atoms with Crippen molar-refractivity contribution >= 4 is 34.8 Å². The van der Waals surface area contributed by atoms with Crippen LogP contribution in [0.5, 0.6) is 0 Å². The fourth-order valence-corrected chi connectivity index (χ4v) is 4.56. The molecule has 0 aliphatic carbocycles. The van der Waals surface area contributed by atoms with Crippen LogP contribution in [0.4, 0.5) is 23.0 Å². The molecule has 0 spiro atoms. The maximum absolute atomic E-state index is 12.2. The zero-order chi connectivity index (χ0) is 23.4. The van der Waals surface area contributed by atoms with Crippen molar-refractivity contribution in [1.82, 2.24) is 14.9 Å². The molecular formula is C24H33N7O2. The van der Waals surface area contributed by atoms with Gasteiger partial charge in [-0.05, 0) is 56.4 Å². The molecule has 9 nitrogen and oxygen atoms in total. The molecule has 2 aromatic rings. The summed E-state index contributed by atoms with van der Waals surface area (Å²) in [5, 5.41) is 3.23. The van der Waals surface area contributed by atoms with E-state index >= 15 is 0 Å². The summed E-state index contributed by atoms with van der Waals surface area (Å²) in [4.78, 5) is 39.3. The van der Waals surface area contributed by atoms with Gasteiger partial charge in [-0.2, -0.15) is 0 Å². The van der Waals surface area contributed by atoms with Crippen molar-refractivity contribution in [2.45, 2.75) is 32.1 Å². The minimum atomic E-state index is -0.609. The first-order valence-electron chi connectivity index (χ1n) is 11.7. The van der Waals surface area contributed by atoms with Crippen LogP contribution in [0.1, 0.15) is 42.6 Å². The Balaban J connectivity index is 1.44. The molecule has 0 saturated carbocycles. The van der Waals surface area contributed by atoms with Gasteiger partial charge < -0.3 is 25.8 Å². The number of piperidine rings is 2. The second kappa shape index (κ2) is 10.1. The first-order valence-corrected chi connectivity index (χ1v) is 11.7. The molecule has 4 rings (SSSR count). The number of nitrogens with one attached hydrogen (secondary N) is 1. The lowest BCUT2D eigenvalue weighted by Crippen LogP contribution is -2.40. The van der Waals surface area contributed by atoms with Crippen LogP contribution in [-0.4, -0.2) is 67.0 Å². The third kappa shape index (κ3) is 5.35. The van der Waals surface area contributed by atoms with Crippen LogP contribution in [0, 0.1) is 5.92 Å². The van der Waals surface area contributed by atoms with Crippen LogP contribution in [-0.2, 0) is 4.79 Å². The van der Waals surface area contributed by atoms with Gasteiger partial charge in [0.1, 0.15) is 5.82 Å². The van der Waals surface area contributed by atoms with E-state index in [9.17, 15) is 9.59 Å². The third-order valence-electron chi connectivity index (χ3n) is 6.45. The number of hydrogen-bond acceptors (Lipinski definition) is 7. The second-order valence-electron chi connectivity index (χ2n) is 9.00.